The zero-order valence-corrected chi connectivity index (χ0v) is 16.0. The molecule has 0 aromatic heterocycles. The molecule has 2 aliphatic heterocycles. The van der Waals surface area contributed by atoms with E-state index >= 15 is 0 Å². The zero-order valence-electron chi connectivity index (χ0n) is 16.0. The number of piperidine rings is 1. The number of imide groups is 1. The Labute approximate surface area is 163 Å². The number of nitrogen functional groups attached to an aromatic ring is 1. The van der Waals surface area contributed by atoms with Crippen molar-refractivity contribution in [3.05, 3.63) is 23.3 Å². The van der Waals surface area contributed by atoms with Gasteiger partial charge in [0.1, 0.15) is 6.04 Å². The number of benzene rings is 1. The molecule has 1 aromatic carbocycles. The molecule has 4 N–H and O–H groups in total. The predicted octanol–water partition coefficient (Wildman–Crippen LogP) is 1.94. The van der Waals surface area contributed by atoms with E-state index in [4.69, 9.17) is 5.73 Å². The minimum absolute atomic E-state index is 0.102. The van der Waals surface area contributed by atoms with Crippen LogP contribution in [0.25, 0.3) is 0 Å². The van der Waals surface area contributed by atoms with Gasteiger partial charge < -0.3 is 16.0 Å². The highest BCUT2D eigenvalue weighted by Gasteiger charge is 2.41. The van der Waals surface area contributed by atoms with E-state index in [2.05, 4.69) is 17.6 Å². The third kappa shape index (κ3) is 4.00. The summed E-state index contributed by atoms with van der Waals surface area (Å²) in [5.41, 5.74) is 7.82. The third-order valence-electron chi connectivity index (χ3n) is 5.27. The van der Waals surface area contributed by atoms with E-state index in [0.29, 0.717) is 28.9 Å². The highest BCUT2D eigenvalue weighted by atomic mass is 16.2. The largest absolute Gasteiger partial charge is 0.398 e. The van der Waals surface area contributed by atoms with E-state index in [1.165, 1.54) is 4.90 Å². The Balaban J connectivity index is 1.75. The van der Waals surface area contributed by atoms with Gasteiger partial charge in [0.15, 0.2) is 0 Å². The summed E-state index contributed by atoms with van der Waals surface area (Å²) in [5.74, 6) is -1.26. The second kappa shape index (κ2) is 8.41. The summed E-state index contributed by atoms with van der Waals surface area (Å²) in [6.07, 6.45) is 4.91. The Morgan fingerprint density at radius 3 is 2.75 bits per heavy atom. The van der Waals surface area contributed by atoms with Crippen molar-refractivity contribution in [2.75, 3.05) is 11.1 Å². The van der Waals surface area contributed by atoms with Gasteiger partial charge in [-0.15, -0.1) is 0 Å². The van der Waals surface area contributed by atoms with Crippen LogP contribution in [0.15, 0.2) is 12.1 Å². The number of hydrogen-bond donors (Lipinski definition) is 3. The smallest absolute Gasteiger partial charge is 0.257 e. The van der Waals surface area contributed by atoms with E-state index in [9.17, 15) is 19.2 Å². The molecule has 8 heteroatoms. The second-order valence-corrected chi connectivity index (χ2v) is 7.31. The maximum Gasteiger partial charge on any atom is 0.257 e. The Morgan fingerprint density at radius 1 is 1.25 bits per heavy atom. The third-order valence-corrected chi connectivity index (χ3v) is 5.27. The normalized spacial score (nSPS) is 18.8. The van der Waals surface area contributed by atoms with E-state index in [1.807, 2.05) is 0 Å². The number of nitrogens with zero attached hydrogens (tertiary/aromatic N) is 1. The molecule has 0 saturated carbocycles. The maximum atomic E-state index is 12.9. The zero-order chi connectivity index (χ0) is 20.3. The quantitative estimate of drug-likeness (QED) is 0.376. The van der Waals surface area contributed by atoms with Crippen molar-refractivity contribution < 1.29 is 19.2 Å². The number of nitrogens with two attached hydrogens (primary N) is 1. The first-order valence-corrected chi connectivity index (χ1v) is 9.78. The predicted molar refractivity (Wildman–Crippen MR) is 104 cm³/mol. The molecule has 3 rings (SSSR count). The fraction of sp³-hybridized carbons (Fsp3) is 0.500. The number of rotatable bonds is 7. The van der Waals surface area contributed by atoms with Gasteiger partial charge in [-0.05, 0) is 25.0 Å². The van der Waals surface area contributed by atoms with Gasteiger partial charge in [-0.2, -0.15) is 0 Å². The lowest BCUT2D eigenvalue weighted by atomic mass is 10.0. The molecule has 4 amide bonds. The van der Waals surface area contributed by atoms with Crippen LogP contribution in [0.2, 0.25) is 0 Å². The summed E-state index contributed by atoms with van der Waals surface area (Å²) in [4.78, 5) is 50.2. The Morgan fingerprint density at radius 2 is 2.04 bits per heavy atom. The molecular formula is C20H26N4O4. The molecule has 1 fully saturated rings. The van der Waals surface area contributed by atoms with Crippen LogP contribution in [0, 0.1) is 0 Å². The van der Waals surface area contributed by atoms with Crippen molar-refractivity contribution in [1.82, 2.24) is 10.2 Å². The van der Waals surface area contributed by atoms with Gasteiger partial charge in [-0.3, -0.25) is 24.5 Å². The van der Waals surface area contributed by atoms with E-state index in [0.717, 1.165) is 25.7 Å². The summed E-state index contributed by atoms with van der Waals surface area (Å²) in [7, 11) is 0. The number of nitrogens with one attached hydrogen (secondary N) is 2. The van der Waals surface area contributed by atoms with Crippen molar-refractivity contribution >= 4 is 35.0 Å². The molecule has 8 nitrogen and oxygen atoms in total. The summed E-state index contributed by atoms with van der Waals surface area (Å²) < 4.78 is 0. The molecule has 150 valence electrons. The first kappa shape index (κ1) is 19.9. The standard InChI is InChI=1S/C20H26N4O4/c1-2-3-4-5-6-16(25)22-14-8-7-13(21)18-12(14)11-24(20(18)28)15-9-10-17(26)23-19(15)27/h7-8,15H,2-6,9-11,21H2,1H3,(H,22,25)(H,23,26,27). The van der Waals surface area contributed by atoms with Gasteiger partial charge in [0.05, 0.1) is 5.56 Å². The van der Waals surface area contributed by atoms with Crippen LogP contribution >= 0.6 is 0 Å². The SMILES string of the molecule is CCCCCCC(=O)Nc1ccc(N)c2c1CN(C1CCC(=O)NC1=O)C2=O. The molecule has 1 aromatic rings. The summed E-state index contributed by atoms with van der Waals surface area (Å²) in [6.45, 7) is 2.29. The second-order valence-electron chi connectivity index (χ2n) is 7.31. The molecule has 0 spiro atoms. The molecular weight excluding hydrogens is 360 g/mol. The van der Waals surface area contributed by atoms with Gasteiger partial charge in [-0.1, -0.05) is 26.2 Å². The highest BCUT2D eigenvalue weighted by molar-refractivity contribution is 6.09. The molecule has 1 unspecified atom stereocenters. The number of carbonyl (C=O) groups excluding carboxylic acids is 4. The number of carbonyl (C=O) groups is 4. The van der Waals surface area contributed by atoms with Crippen LogP contribution in [0.5, 0.6) is 0 Å². The summed E-state index contributed by atoms with van der Waals surface area (Å²) in [6, 6.07) is 2.58. The van der Waals surface area contributed by atoms with Gasteiger partial charge in [0.25, 0.3) is 5.91 Å². The molecule has 0 radical (unpaired) electrons. The minimum Gasteiger partial charge on any atom is -0.398 e. The molecule has 1 saturated heterocycles. The van der Waals surface area contributed by atoms with Gasteiger partial charge in [0, 0.05) is 36.3 Å². The molecule has 0 bridgehead atoms. The number of fused-ring (bicyclic) bond motifs is 1. The lowest BCUT2D eigenvalue weighted by Gasteiger charge is -2.29. The van der Waals surface area contributed by atoms with E-state index in [1.54, 1.807) is 12.1 Å². The molecule has 28 heavy (non-hydrogen) atoms. The Bertz CT molecular complexity index is 821. The van der Waals surface area contributed by atoms with Crippen LogP contribution in [-0.2, 0) is 20.9 Å². The molecule has 0 aliphatic carbocycles. The van der Waals surface area contributed by atoms with Crippen molar-refractivity contribution in [2.45, 2.75) is 64.5 Å². The topological polar surface area (TPSA) is 122 Å². The van der Waals surface area contributed by atoms with Gasteiger partial charge in [-0.25, -0.2) is 0 Å². The van der Waals surface area contributed by atoms with Crippen LogP contribution < -0.4 is 16.4 Å². The fourth-order valence-corrected chi connectivity index (χ4v) is 3.74. The average Bonchev–Trinajstić information content (AvgIpc) is 2.99. The first-order valence-electron chi connectivity index (χ1n) is 9.78. The van der Waals surface area contributed by atoms with Crippen molar-refractivity contribution in [3.63, 3.8) is 0 Å². The van der Waals surface area contributed by atoms with Crippen LogP contribution in [0.4, 0.5) is 11.4 Å². The van der Waals surface area contributed by atoms with E-state index in [-0.39, 0.29) is 37.1 Å². The Kier molecular flexibility index (Phi) is 5.96. The number of anilines is 2. The number of amides is 4. The van der Waals surface area contributed by atoms with Crippen LogP contribution in [0.3, 0.4) is 0 Å². The van der Waals surface area contributed by atoms with Crippen molar-refractivity contribution in [1.29, 1.82) is 0 Å². The summed E-state index contributed by atoms with van der Waals surface area (Å²) in [5, 5.41) is 5.16. The lowest BCUT2D eigenvalue weighted by molar-refractivity contribution is -0.137. The van der Waals surface area contributed by atoms with Crippen molar-refractivity contribution in [2.24, 2.45) is 0 Å². The molecule has 2 heterocycles. The van der Waals surface area contributed by atoms with Crippen LogP contribution in [0.1, 0.15) is 67.8 Å². The number of hydrogen-bond acceptors (Lipinski definition) is 5. The highest BCUT2D eigenvalue weighted by Crippen LogP contribution is 2.35. The van der Waals surface area contributed by atoms with Gasteiger partial charge >= 0.3 is 0 Å². The number of unbranched alkanes of at least 4 members (excludes halogenated alkanes) is 3. The van der Waals surface area contributed by atoms with Gasteiger partial charge in [0.2, 0.25) is 17.7 Å². The van der Waals surface area contributed by atoms with E-state index < -0.39 is 11.9 Å². The average molecular weight is 386 g/mol. The first-order chi connectivity index (χ1) is 13.4. The van der Waals surface area contributed by atoms with Crippen LogP contribution in [-0.4, -0.2) is 34.6 Å². The monoisotopic (exact) mass is 386 g/mol. The maximum absolute atomic E-state index is 12.9. The Hall–Kier alpha value is -2.90. The van der Waals surface area contributed by atoms with Crippen molar-refractivity contribution in [3.8, 4) is 0 Å². The molecule has 1 atom stereocenters. The fourth-order valence-electron chi connectivity index (χ4n) is 3.74. The molecule has 2 aliphatic rings. The summed E-state index contributed by atoms with van der Waals surface area (Å²) >= 11 is 0. The lowest BCUT2D eigenvalue weighted by Crippen LogP contribution is -2.52. The minimum atomic E-state index is -0.713.